The lowest BCUT2D eigenvalue weighted by Gasteiger charge is -2.27. The second kappa shape index (κ2) is 4.28. The summed E-state index contributed by atoms with van der Waals surface area (Å²) < 4.78 is 5.46. The van der Waals surface area contributed by atoms with Gasteiger partial charge >= 0.3 is 0 Å². The molecule has 5 heteroatoms. The van der Waals surface area contributed by atoms with E-state index in [2.05, 4.69) is 5.32 Å². The molecule has 2 saturated heterocycles. The average molecular weight is 212 g/mol. The third-order valence-electron chi connectivity index (χ3n) is 2.86. The lowest BCUT2D eigenvalue weighted by molar-refractivity contribution is -0.141. The summed E-state index contributed by atoms with van der Waals surface area (Å²) in [6.45, 7) is 4.39. The fraction of sp³-hybridized carbons (Fsp3) is 0.800. The van der Waals surface area contributed by atoms with Crippen molar-refractivity contribution in [3.63, 3.8) is 0 Å². The molecule has 0 aromatic heterocycles. The normalized spacial score (nSPS) is 32.5. The minimum Gasteiger partial charge on any atom is -0.374 e. The molecule has 0 aromatic carbocycles. The van der Waals surface area contributed by atoms with Crippen LogP contribution in [0.1, 0.15) is 13.3 Å². The molecule has 84 valence electrons. The van der Waals surface area contributed by atoms with Crippen molar-refractivity contribution in [1.82, 2.24) is 10.2 Å². The van der Waals surface area contributed by atoms with Crippen LogP contribution in [-0.4, -0.2) is 49.1 Å². The number of carbonyl (C=O) groups excluding carboxylic acids is 2. The molecule has 0 radical (unpaired) electrons. The van der Waals surface area contributed by atoms with Gasteiger partial charge in [0.2, 0.25) is 11.8 Å². The quantitative estimate of drug-likeness (QED) is 0.619. The molecular formula is C10H16N2O3. The zero-order chi connectivity index (χ0) is 10.8. The maximum absolute atomic E-state index is 11.6. The Hall–Kier alpha value is -0.940. The molecule has 2 rings (SSSR count). The van der Waals surface area contributed by atoms with E-state index in [0.29, 0.717) is 26.1 Å². The first-order chi connectivity index (χ1) is 7.18. The molecule has 15 heavy (non-hydrogen) atoms. The van der Waals surface area contributed by atoms with Gasteiger partial charge in [0.05, 0.1) is 19.3 Å². The number of rotatable bonds is 2. The van der Waals surface area contributed by atoms with Gasteiger partial charge in [0, 0.05) is 25.4 Å². The van der Waals surface area contributed by atoms with Crippen LogP contribution in [0.5, 0.6) is 0 Å². The molecule has 2 unspecified atom stereocenters. The molecular weight excluding hydrogens is 196 g/mol. The number of nitrogens with one attached hydrogen (secondary N) is 1. The maximum Gasteiger partial charge on any atom is 0.232 e. The molecule has 2 aliphatic rings. The smallest absolute Gasteiger partial charge is 0.232 e. The highest BCUT2D eigenvalue weighted by Gasteiger charge is 2.36. The topological polar surface area (TPSA) is 58.6 Å². The minimum absolute atomic E-state index is 0.0445. The van der Waals surface area contributed by atoms with Crippen molar-refractivity contribution in [2.45, 2.75) is 19.4 Å². The predicted octanol–water partition coefficient (Wildman–Crippen LogP) is -0.630. The fourth-order valence-corrected chi connectivity index (χ4v) is 1.98. The third kappa shape index (κ3) is 2.18. The number of hydrogen-bond acceptors (Lipinski definition) is 4. The van der Waals surface area contributed by atoms with Gasteiger partial charge in [0.15, 0.2) is 0 Å². The standard InChI is InChI=1S/C10H16N2O3/c1-7-4-9(13)12(10(7)14)6-8-5-11-2-3-15-8/h7-8,11H,2-6H2,1H3. The van der Waals surface area contributed by atoms with Gasteiger partial charge in [-0.25, -0.2) is 0 Å². The zero-order valence-electron chi connectivity index (χ0n) is 8.86. The predicted molar refractivity (Wildman–Crippen MR) is 53.1 cm³/mol. The second-order valence-corrected chi connectivity index (χ2v) is 4.14. The van der Waals surface area contributed by atoms with Crippen LogP contribution in [0.15, 0.2) is 0 Å². The van der Waals surface area contributed by atoms with Crippen LogP contribution in [0.4, 0.5) is 0 Å². The SMILES string of the molecule is CC1CC(=O)N(CC2CNCCO2)C1=O. The van der Waals surface area contributed by atoms with Crippen molar-refractivity contribution >= 4 is 11.8 Å². The van der Waals surface area contributed by atoms with E-state index >= 15 is 0 Å². The van der Waals surface area contributed by atoms with Gasteiger partial charge in [0.1, 0.15) is 0 Å². The minimum atomic E-state index is -0.158. The first kappa shape index (κ1) is 10.6. The lowest BCUT2D eigenvalue weighted by Crippen LogP contribution is -2.46. The van der Waals surface area contributed by atoms with E-state index < -0.39 is 0 Å². The van der Waals surface area contributed by atoms with Crippen molar-refractivity contribution in [2.24, 2.45) is 5.92 Å². The number of amides is 2. The van der Waals surface area contributed by atoms with Crippen LogP contribution in [-0.2, 0) is 14.3 Å². The summed E-state index contributed by atoms with van der Waals surface area (Å²) in [5, 5.41) is 3.18. The van der Waals surface area contributed by atoms with Gasteiger partial charge in [-0.2, -0.15) is 0 Å². The second-order valence-electron chi connectivity index (χ2n) is 4.14. The van der Waals surface area contributed by atoms with Crippen molar-refractivity contribution in [3.05, 3.63) is 0 Å². The number of imide groups is 1. The number of carbonyl (C=O) groups is 2. The number of likely N-dealkylation sites (tertiary alicyclic amines) is 1. The molecule has 0 bridgehead atoms. The molecule has 2 atom stereocenters. The summed E-state index contributed by atoms with van der Waals surface area (Å²) in [5.74, 6) is -0.287. The van der Waals surface area contributed by atoms with E-state index in [1.807, 2.05) is 0 Å². The van der Waals surface area contributed by atoms with Crippen molar-refractivity contribution < 1.29 is 14.3 Å². The van der Waals surface area contributed by atoms with Gasteiger partial charge < -0.3 is 10.1 Å². The Morgan fingerprint density at radius 1 is 1.53 bits per heavy atom. The van der Waals surface area contributed by atoms with Gasteiger partial charge in [-0.15, -0.1) is 0 Å². The molecule has 2 fully saturated rings. The highest BCUT2D eigenvalue weighted by molar-refractivity contribution is 6.03. The summed E-state index contributed by atoms with van der Waals surface area (Å²) >= 11 is 0. The monoisotopic (exact) mass is 212 g/mol. The van der Waals surface area contributed by atoms with Crippen molar-refractivity contribution in [1.29, 1.82) is 0 Å². The van der Waals surface area contributed by atoms with E-state index in [1.54, 1.807) is 6.92 Å². The first-order valence-electron chi connectivity index (χ1n) is 5.35. The van der Waals surface area contributed by atoms with Crippen LogP contribution >= 0.6 is 0 Å². The van der Waals surface area contributed by atoms with Gasteiger partial charge in [-0.1, -0.05) is 6.92 Å². The summed E-state index contributed by atoms with van der Waals surface area (Å²) in [6.07, 6.45) is 0.302. The van der Waals surface area contributed by atoms with Crippen LogP contribution in [0, 0.1) is 5.92 Å². The van der Waals surface area contributed by atoms with Gasteiger partial charge in [-0.05, 0) is 0 Å². The molecule has 0 aliphatic carbocycles. The highest BCUT2D eigenvalue weighted by Crippen LogP contribution is 2.19. The van der Waals surface area contributed by atoms with Gasteiger partial charge in [-0.3, -0.25) is 14.5 Å². The molecule has 2 aliphatic heterocycles. The number of nitrogens with zero attached hydrogens (tertiary/aromatic N) is 1. The molecule has 5 nitrogen and oxygen atoms in total. The fourth-order valence-electron chi connectivity index (χ4n) is 1.98. The molecule has 0 aromatic rings. The van der Waals surface area contributed by atoms with Crippen LogP contribution < -0.4 is 5.32 Å². The third-order valence-corrected chi connectivity index (χ3v) is 2.86. The Bertz CT molecular complexity index is 274. The van der Waals surface area contributed by atoms with Crippen LogP contribution in [0.3, 0.4) is 0 Å². The number of morpholine rings is 1. The van der Waals surface area contributed by atoms with Crippen LogP contribution in [0.25, 0.3) is 0 Å². The first-order valence-corrected chi connectivity index (χ1v) is 5.35. The van der Waals surface area contributed by atoms with Crippen molar-refractivity contribution in [2.75, 3.05) is 26.2 Å². The Morgan fingerprint density at radius 3 is 2.87 bits per heavy atom. The summed E-state index contributed by atoms with van der Waals surface area (Å²) in [4.78, 5) is 24.5. The molecule has 0 spiro atoms. The maximum atomic E-state index is 11.6. The van der Waals surface area contributed by atoms with E-state index in [4.69, 9.17) is 4.74 Å². The van der Waals surface area contributed by atoms with E-state index in [0.717, 1.165) is 6.54 Å². The zero-order valence-corrected chi connectivity index (χ0v) is 8.86. The largest absolute Gasteiger partial charge is 0.374 e. The highest BCUT2D eigenvalue weighted by atomic mass is 16.5. The Labute approximate surface area is 88.8 Å². The molecule has 1 N–H and O–H groups in total. The Balaban J connectivity index is 1.93. The van der Waals surface area contributed by atoms with E-state index in [1.165, 1.54) is 4.90 Å². The number of ether oxygens (including phenoxy) is 1. The molecule has 2 amide bonds. The summed E-state index contributed by atoms with van der Waals surface area (Å²) in [6, 6.07) is 0. The van der Waals surface area contributed by atoms with E-state index in [-0.39, 0.29) is 23.8 Å². The summed E-state index contributed by atoms with van der Waals surface area (Å²) in [7, 11) is 0. The van der Waals surface area contributed by atoms with Crippen molar-refractivity contribution in [3.8, 4) is 0 Å². The average Bonchev–Trinajstić information content (AvgIpc) is 2.47. The lowest BCUT2D eigenvalue weighted by atomic mass is 10.1. The van der Waals surface area contributed by atoms with Crippen LogP contribution in [0.2, 0.25) is 0 Å². The number of hydrogen-bond donors (Lipinski definition) is 1. The summed E-state index contributed by atoms with van der Waals surface area (Å²) in [5.41, 5.74) is 0. The molecule has 2 heterocycles. The van der Waals surface area contributed by atoms with Gasteiger partial charge in [0.25, 0.3) is 0 Å². The molecule has 0 saturated carbocycles. The Kier molecular flexibility index (Phi) is 3.02. The van der Waals surface area contributed by atoms with E-state index in [9.17, 15) is 9.59 Å². The Morgan fingerprint density at radius 2 is 2.33 bits per heavy atom.